The predicted molar refractivity (Wildman–Crippen MR) is 107 cm³/mol. The van der Waals surface area contributed by atoms with E-state index in [1.165, 1.54) is 50.1 Å². The summed E-state index contributed by atoms with van der Waals surface area (Å²) < 4.78 is 4.94. The summed E-state index contributed by atoms with van der Waals surface area (Å²) in [5.41, 5.74) is 11.5. The molecule has 130 valence electrons. The molecule has 0 amide bonds. The topological polar surface area (TPSA) is 7.76 Å². The maximum atomic E-state index is 2.52. The highest BCUT2D eigenvalue weighted by atomic mass is 15.0. The zero-order valence-electron chi connectivity index (χ0n) is 15.6. The summed E-state index contributed by atoms with van der Waals surface area (Å²) >= 11 is 0. The molecule has 2 nitrogen and oxygen atoms in total. The number of fused-ring (bicyclic) bond motifs is 9. The Balaban J connectivity index is 1.74. The van der Waals surface area contributed by atoms with Gasteiger partial charge in [0.2, 0.25) is 16.9 Å². The smallest absolute Gasteiger partial charge is 0.198 e. The Morgan fingerprint density at radius 2 is 1.67 bits per heavy atom. The first-order valence-electron chi connectivity index (χ1n) is 9.87. The van der Waals surface area contributed by atoms with Crippen molar-refractivity contribution in [2.45, 2.75) is 32.9 Å². The van der Waals surface area contributed by atoms with Gasteiger partial charge in [-0.2, -0.15) is 9.13 Å². The van der Waals surface area contributed by atoms with Gasteiger partial charge >= 0.3 is 0 Å². The van der Waals surface area contributed by atoms with E-state index in [1.54, 1.807) is 0 Å². The van der Waals surface area contributed by atoms with Gasteiger partial charge in [-0.1, -0.05) is 18.2 Å². The van der Waals surface area contributed by atoms with Crippen LogP contribution in [0.2, 0.25) is 0 Å². The molecule has 2 aliphatic rings. The van der Waals surface area contributed by atoms with Crippen LogP contribution in [-0.2, 0) is 25.9 Å². The van der Waals surface area contributed by atoms with Crippen LogP contribution in [0.25, 0.3) is 33.4 Å². The Morgan fingerprint density at radius 1 is 0.778 bits per heavy atom. The molecule has 0 bridgehead atoms. The molecule has 27 heavy (non-hydrogen) atoms. The van der Waals surface area contributed by atoms with E-state index in [0.717, 1.165) is 25.9 Å². The fourth-order valence-corrected chi connectivity index (χ4v) is 5.11. The Hall–Kier alpha value is -3.00. The van der Waals surface area contributed by atoms with Crippen molar-refractivity contribution in [2.24, 2.45) is 0 Å². The number of rotatable bonds is 0. The maximum absolute atomic E-state index is 2.52. The van der Waals surface area contributed by atoms with Gasteiger partial charge < -0.3 is 0 Å². The number of aryl methyl sites for hydroxylation is 4. The Bertz CT molecular complexity index is 1240. The van der Waals surface area contributed by atoms with E-state index in [0.29, 0.717) is 0 Å². The van der Waals surface area contributed by atoms with Crippen molar-refractivity contribution in [3.8, 4) is 22.5 Å². The first-order valence-corrected chi connectivity index (χ1v) is 9.87. The van der Waals surface area contributed by atoms with Gasteiger partial charge in [0, 0.05) is 42.5 Å². The summed E-state index contributed by atoms with van der Waals surface area (Å²) in [5.74, 6) is 0. The maximum Gasteiger partial charge on any atom is 0.214 e. The molecule has 0 N–H and O–H groups in total. The van der Waals surface area contributed by atoms with Crippen molar-refractivity contribution in [3.63, 3.8) is 0 Å². The summed E-state index contributed by atoms with van der Waals surface area (Å²) in [4.78, 5) is 0. The Kier molecular flexibility index (Phi) is 3.07. The molecular formula is C25H22N2+2. The predicted octanol–water partition coefficient (Wildman–Crippen LogP) is 4.17. The molecule has 0 spiro atoms. The first kappa shape index (κ1) is 15.1. The van der Waals surface area contributed by atoms with E-state index in [-0.39, 0.29) is 0 Å². The number of hydrogen-bond acceptors (Lipinski definition) is 0. The fourth-order valence-electron chi connectivity index (χ4n) is 5.11. The minimum atomic E-state index is 1.05. The van der Waals surface area contributed by atoms with Crippen LogP contribution < -0.4 is 9.13 Å². The second-order valence-electron chi connectivity index (χ2n) is 7.79. The van der Waals surface area contributed by atoms with Crippen LogP contribution in [0.1, 0.15) is 16.7 Å². The Morgan fingerprint density at radius 3 is 2.63 bits per heavy atom. The molecule has 0 unspecified atom stereocenters. The molecule has 4 heterocycles. The van der Waals surface area contributed by atoms with E-state index >= 15 is 0 Å². The van der Waals surface area contributed by atoms with Crippen molar-refractivity contribution >= 4 is 10.9 Å². The molecule has 2 aromatic carbocycles. The summed E-state index contributed by atoms with van der Waals surface area (Å²) in [6, 6.07) is 22.4. The molecule has 2 aromatic heterocycles. The number of hydrogen-bond donors (Lipinski definition) is 0. The molecule has 0 fully saturated rings. The number of pyridine rings is 2. The van der Waals surface area contributed by atoms with Crippen molar-refractivity contribution in [1.82, 2.24) is 0 Å². The van der Waals surface area contributed by atoms with Gasteiger partial charge in [-0.3, -0.25) is 0 Å². The van der Waals surface area contributed by atoms with E-state index in [2.05, 4.69) is 82.9 Å². The van der Waals surface area contributed by atoms with Crippen molar-refractivity contribution in [2.75, 3.05) is 0 Å². The standard InChI is InChI=1S/C25H22N2/c1-17-16-19-11-15-27-21-7-3-2-6-18(21)9-10-23(27)24(19)25-20(17)12-14-26-13-5-4-8-22(25)26/h2-10,13,16H,11-12,14-15H2,1H3/q+2. The number of aromatic nitrogens is 2. The van der Waals surface area contributed by atoms with Crippen molar-refractivity contribution < 1.29 is 9.13 Å². The lowest BCUT2D eigenvalue weighted by molar-refractivity contribution is -0.687. The fraction of sp³-hybridized carbons (Fsp3) is 0.200. The molecule has 0 radical (unpaired) electrons. The van der Waals surface area contributed by atoms with E-state index in [4.69, 9.17) is 0 Å². The highest BCUT2D eigenvalue weighted by Crippen LogP contribution is 2.41. The monoisotopic (exact) mass is 350 g/mol. The third-order valence-electron chi connectivity index (χ3n) is 6.34. The number of para-hydroxylation sites is 1. The van der Waals surface area contributed by atoms with Crippen LogP contribution in [-0.4, -0.2) is 0 Å². The van der Waals surface area contributed by atoms with Gasteiger partial charge in [0.1, 0.15) is 0 Å². The molecule has 0 atom stereocenters. The van der Waals surface area contributed by atoms with Gasteiger partial charge in [0.05, 0.1) is 11.1 Å². The third kappa shape index (κ3) is 2.07. The van der Waals surface area contributed by atoms with Crippen molar-refractivity contribution in [3.05, 3.63) is 83.6 Å². The van der Waals surface area contributed by atoms with Gasteiger partial charge in [0.15, 0.2) is 19.3 Å². The van der Waals surface area contributed by atoms with E-state index in [9.17, 15) is 0 Å². The van der Waals surface area contributed by atoms with Crippen LogP contribution in [0.4, 0.5) is 0 Å². The Labute approximate surface area is 159 Å². The molecule has 6 rings (SSSR count). The van der Waals surface area contributed by atoms with Gasteiger partial charge in [-0.05, 0) is 41.8 Å². The first-order chi connectivity index (χ1) is 13.3. The lowest BCUT2D eigenvalue weighted by atomic mass is 9.82. The van der Waals surface area contributed by atoms with Crippen LogP contribution >= 0.6 is 0 Å². The molecule has 0 aliphatic carbocycles. The molecule has 2 heteroatoms. The second-order valence-corrected chi connectivity index (χ2v) is 7.79. The third-order valence-corrected chi connectivity index (χ3v) is 6.34. The van der Waals surface area contributed by atoms with Crippen LogP contribution in [0.5, 0.6) is 0 Å². The van der Waals surface area contributed by atoms with E-state index < -0.39 is 0 Å². The summed E-state index contributed by atoms with van der Waals surface area (Å²) in [6.45, 7) is 4.41. The average molecular weight is 350 g/mol. The zero-order chi connectivity index (χ0) is 18.0. The van der Waals surface area contributed by atoms with Crippen molar-refractivity contribution in [1.29, 1.82) is 0 Å². The minimum absolute atomic E-state index is 1.05. The highest BCUT2D eigenvalue weighted by Gasteiger charge is 2.34. The second kappa shape index (κ2) is 5.50. The summed E-state index contributed by atoms with van der Waals surface area (Å²) in [5, 5.41) is 1.32. The largest absolute Gasteiger partial charge is 0.214 e. The molecule has 4 aromatic rings. The van der Waals surface area contributed by atoms with Gasteiger partial charge in [-0.25, -0.2) is 0 Å². The molecule has 0 saturated carbocycles. The SMILES string of the molecule is Cc1cc2c(c3c1CC[n+]1ccccc1-3)-c1ccc3ccccc3[n+]1CC2. The number of benzene rings is 2. The summed E-state index contributed by atoms with van der Waals surface area (Å²) in [7, 11) is 0. The summed E-state index contributed by atoms with van der Waals surface area (Å²) in [6.07, 6.45) is 4.44. The number of nitrogens with zero attached hydrogens (tertiary/aromatic N) is 2. The van der Waals surface area contributed by atoms with Crippen LogP contribution in [0.3, 0.4) is 0 Å². The van der Waals surface area contributed by atoms with Gasteiger partial charge in [-0.15, -0.1) is 0 Å². The highest BCUT2D eigenvalue weighted by molar-refractivity contribution is 5.87. The quantitative estimate of drug-likeness (QED) is 0.421. The lowest BCUT2D eigenvalue weighted by Crippen LogP contribution is -2.43. The molecule has 0 saturated heterocycles. The van der Waals surface area contributed by atoms with E-state index in [1.807, 2.05) is 0 Å². The van der Waals surface area contributed by atoms with Crippen LogP contribution in [0.15, 0.2) is 66.9 Å². The normalized spacial score (nSPS) is 14.3. The average Bonchev–Trinajstić information content (AvgIpc) is 2.72. The van der Waals surface area contributed by atoms with Gasteiger partial charge in [0.25, 0.3) is 0 Å². The molecule has 2 aliphatic heterocycles. The van der Waals surface area contributed by atoms with Crippen LogP contribution in [0, 0.1) is 6.92 Å². The minimum Gasteiger partial charge on any atom is -0.198 e. The molecular weight excluding hydrogens is 328 g/mol. The zero-order valence-corrected chi connectivity index (χ0v) is 15.6. The lowest BCUT2D eigenvalue weighted by Gasteiger charge is -2.24.